The van der Waals surface area contributed by atoms with E-state index in [1.165, 1.54) is 30.3 Å². The third kappa shape index (κ3) is 3.57. The van der Waals surface area contributed by atoms with E-state index >= 15 is 0 Å². The van der Waals surface area contributed by atoms with Crippen LogP contribution < -0.4 is 5.32 Å². The summed E-state index contributed by atoms with van der Waals surface area (Å²) in [6.45, 7) is 5.60. The Morgan fingerprint density at radius 3 is 2.83 bits per heavy atom. The Kier molecular flexibility index (Phi) is 4.75. The van der Waals surface area contributed by atoms with Crippen molar-refractivity contribution in [1.82, 2.24) is 19.8 Å². The summed E-state index contributed by atoms with van der Waals surface area (Å²) in [5.41, 5.74) is 0. The van der Waals surface area contributed by atoms with Gasteiger partial charge in [-0.05, 0) is 25.8 Å². The first-order chi connectivity index (χ1) is 8.79. The SMILES string of the molecule is CCCCN1CCC(NC(=O)n2ccnc2)CC1. The monoisotopic (exact) mass is 250 g/mol. The molecule has 0 atom stereocenters. The van der Waals surface area contributed by atoms with Crippen LogP contribution in [0.3, 0.4) is 0 Å². The van der Waals surface area contributed by atoms with E-state index in [0.717, 1.165) is 25.9 Å². The molecule has 2 rings (SSSR count). The van der Waals surface area contributed by atoms with Gasteiger partial charge < -0.3 is 10.2 Å². The van der Waals surface area contributed by atoms with E-state index < -0.39 is 0 Å². The van der Waals surface area contributed by atoms with Crippen LogP contribution in [0.4, 0.5) is 4.79 Å². The van der Waals surface area contributed by atoms with E-state index in [4.69, 9.17) is 0 Å². The smallest absolute Gasteiger partial charge is 0.327 e. The average molecular weight is 250 g/mol. The van der Waals surface area contributed by atoms with Gasteiger partial charge in [0.05, 0.1) is 0 Å². The number of unbranched alkanes of at least 4 members (excludes halogenated alkanes) is 1. The summed E-state index contributed by atoms with van der Waals surface area (Å²) in [6.07, 6.45) is 9.43. The van der Waals surface area contributed by atoms with Crippen LogP contribution in [-0.4, -0.2) is 46.2 Å². The molecular formula is C13H22N4O. The number of imidazole rings is 1. The maximum absolute atomic E-state index is 11.8. The summed E-state index contributed by atoms with van der Waals surface area (Å²) in [4.78, 5) is 18.2. The topological polar surface area (TPSA) is 50.2 Å². The lowest BCUT2D eigenvalue weighted by Crippen LogP contribution is -2.45. The summed E-state index contributed by atoms with van der Waals surface area (Å²) in [7, 11) is 0. The highest BCUT2D eigenvalue weighted by Gasteiger charge is 2.20. The van der Waals surface area contributed by atoms with Crippen LogP contribution in [0.15, 0.2) is 18.7 Å². The lowest BCUT2D eigenvalue weighted by molar-refractivity contribution is 0.191. The van der Waals surface area contributed by atoms with E-state index in [1.807, 2.05) is 0 Å². The Balaban J connectivity index is 1.72. The highest BCUT2D eigenvalue weighted by molar-refractivity contribution is 5.76. The van der Waals surface area contributed by atoms with Crippen molar-refractivity contribution in [3.63, 3.8) is 0 Å². The maximum atomic E-state index is 11.8. The third-order valence-electron chi connectivity index (χ3n) is 3.48. The summed E-state index contributed by atoms with van der Waals surface area (Å²) >= 11 is 0. The number of likely N-dealkylation sites (tertiary alicyclic amines) is 1. The number of rotatable bonds is 4. The van der Waals surface area contributed by atoms with Crippen molar-refractivity contribution >= 4 is 6.03 Å². The average Bonchev–Trinajstić information content (AvgIpc) is 2.92. The minimum atomic E-state index is -0.0699. The van der Waals surface area contributed by atoms with E-state index in [-0.39, 0.29) is 6.03 Å². The minimum Gasteiger partial charge on any atom is -0.335 e. The van der Waals surface area contributed by atoms with Gasteiger partial charge in [0.1, 0.15) is 6.33 Å². The Labute approximate surface area is 108 Å². The van der Waals surface area contributed by atoms with Crippen molar-refractivity contribution in [2.75, 3.05) is 19.6 Å². The molecule has 1 aliphatic rings. The molecule has 2 heterocycles. The second-order valence-electron chi connectivity index (χ2n) is 4.89. The molecule has 5 nitrogen and oxygen atoms in total. The summed E-state index contributed by atoms with van der Waals surface area (Å²) < 4.78 is 1.49. The molecule has 1 N–H and O–H groups in total. The molecule has 0 bridgehead atoms. The van der Waals surface area contributed by atoms with Crippen LogP contribution in [0.5, 0.6) is 0 Å². The van der Waals surface area contributed by atoms with Gasteiger partial charge in [0.2, 0.25) is 0 Å². The third-order valence-corrected chi connectivity index (χ3v) is 3.48. The zero-order chi connectivity index (χ0) is 12.8. The fraction of sp³-hybridized carbons (Fsp3) is 0.692. The van der Waals surface area contributed by atoms with Gasteiger partial charge in [0, 0.05) is 31.5 Å². The molecule has 5 heteroatoms. The largest absolute Gasteiger partial charge is 0.335 e. The van der Waals surface area contributed by atoms with E-state index in [0.29, 0.717) is 6.04 Å². The molecule has 1 amide bonds. The van der Waals surface area contributed by atoms with Crippen LogP contribution in [0.1, 0.15) is 32.6 Å². The Bertz CT molecular complexity index is 355. The number of hydrogen-bond acceptors (Lipinski definition) is 3. The van der Waals surface area contributed by atoms with Crippen LogP contribution >= 0.6 is 0 Å². The van der Waals surface area contributed by atoms with Crippen molar-refractivity contribution in [3.05, 3.63) is 18.7 Å². The lowest BCUT2D eigenvalue weighted by atomic mass is 10.0. The van der Waals surface area contributed by atoms with Crippen molar-refractivity contribution in [3.8, 4) is 0 Å². The van der Waals surface area contributed by atoms with Gasteiger partial charge in [0.15, 0.2) is 0 Å². The lowest BCUT2D eigenvalue weighted by Gasteiger charge is -2.32. The molecule has 0 aromatic carbocycles. The van der Waals surface area contributed by atoms with Crippen LogP contribution in [0.2, 0.25) is 0 Å². The molecule has 1 aliphatic heterocycles. The van der Waals surface area contributed by atoms with Crippen LogP contribution in [-0.2, 0) is 0 Å². The number of carbonyl (C=O) groups is 1. The number of carbonyl (C=O) groups excluding carboxylic acids is 1. The van der Waals surface area contributed by atoms with Gasteiger partial charge in [0.25, 0.3) is 0 Å². The molecule has 1 aromatic heterocycles. The first kappa shape index (κ1) is 13.1. The van der Waals surface area contributed by atoms with E-state index in [1.54, 1.807) is 12.4 Å². The quantitative estimate of drug-likeness (QED) is 0.885. The van der Waals surface area contributed by atoms with Gasteiger partial charge in [-0.2, -0.15) is 0 Å². The predicted molar refractivity (Wildman–Crippen MR) is 70.5 cm³/mol. The second kappa shape index (κ2) is 6.54. The number of nitrogens with one attached hydrogen (secondary N) is 1. The Morgan fingerprint density at radius 2 is 2.22 bits per heavy atom. The zero-order valence-corrected chi connectivity index (χ0v) is 11.0. The molecular weight excluding hydrogens is 228 g/mol. The number of amides is 1. The number of nitrogens with zero attached hydrogens (tertiary/aromatic N) is 3. The highest BCUT2D eigenvalue weighted by atomic mass is 16.2. The fourth-order valence-corrected chi connectivity index (χ4v) is 2.31. The summed E-state index contributed by atoms with van der Waals surface area (Å²) in [6, 6.07) is 0.234. The Morgan fingerprint density at radius 1 is 1.44 bits per heavy atom. The predicted octanol–water partition coefficient (Wildman–Crippen LogP) is 1.71. The molecule has 0 aliphatic carbocycles. The van der Waals surface area contributed by atoms with E-state index in [9.17, 15) is 4.79 Å². The first-order valence-electron chi connectivity index (χ1n) is 6.80. The zero-order valence-electron chi connectivity index (χ0n) is 11.0. The van der Waals surface area contributed by atoms with Crippen LogP contribution in [0, 0.1) is 0 Å². The standard InChI is InChI=1S/C13H22N4O/c1-2-3-7-16-8-4-12(5-9-16)15-13(18)17-10-6-14-11-17/h6,10-12H,2-5,7-9H2,1H3,(H,15,18). The number of hydrogen-bond donors (Lipinski definition) is 1. The molecule has 100 valence electrons. The summed E-state index contributed by atoms with van der Waals surface area (Å²) in [5.74, 6) is 0. The van der Waals surface area contributed by atoms with Gasteiger partial charge in [-0.25, -0.2) is 9.78 Å². The number of aromatic nitrogens is 2. The molecule has 1 aromatic rings. The Hall–Kier alpha value is -1.36. The highest BCUT2D eigenvalue weighted by Crippen LogP contribution is 2.11. The van der Waals surface area contributed by atoms with Gasteiger partial charge in [-0.3, -0.25) is 4.57 Å². The fourth-order valence-electron chi connectivity index (χ4n) is 2.31. The maximum Gasteiger partial charge on any atom is 0.327 e. The number of piperidine rings is 1. The first-order valence-corrected chi connectivity index (χ1v) is 6.80. The molecule has 0 saturated carbocycles. The van der Waals surface area contributed by atoms with Crippen molar-refractivity contribution < 1.29 is 4.79 Å². The second-order valence-corrected chi connectivity index (χ2v) is 4.89. The summed E-state index contributed by atoms with van der Waals surface area (Å²) in [5, 5.41) is 3.06. The van der Waals surface area contributed by atoms with Crippen LogP contribution in [0.25, 0.3) is 0 Å². The molecule has 1 fully saturated rings. The van der Waals surface area contributed by atoms with Gasteiger partial charge in [-0.1, -0.05) is 13.3 Å². The van der Waals surface area contributed by atoms with Gasteiger partial charge in [-0.15, -0.1) is 0 Å². The van der Waals surface area contributed by atoms with Crippen molar-refractivity contribution in [1.29, 1.82) is 0 Å². The van der Waals surface area contributed by atoms with Crippen molar-refractivity contribution in [2.45, 2.75) is 38.6 Å². The van der Waals surface area contributed by atoms with Gasteiger partial charge >= 0.3 is 6.03 Å². The molecule has 0 radical (unpaired) electrons. The van der Waals surface area contributed by atoms with E-state index in [2.05, 4.69) is 22.1 Å². The molecule has 0 spiro atoms. The normalized spacial score (nSPS) is 17.8. The molecule has 1 saturated heterocycles. The molecule has 18 heavy (non-hydrogen) atoms. The molecule has 0 unspecified atom stereocenters. The van der Waals surface area contributed by atoms with Crippen molar-refractivity contribution in [2.24, 2.45) is 0 Å². The minimum absolute atomic E-state index is 0.0699.